The zero-order valence-corrected chi connectivity index (χ0v) is 7.21. The van der Waals surface area contributed by atoms with Crippen LogP contribution in [0.5, 0.6) is 0 Å². The molecule has 0 saturated heterocycles. The molecule has 1 N–H and O–H groups in total. The van der Waals surface area contributed by atoms with E-state index in [-0.39, 0.29) is 0 Å². The third kappa shape index (κ3) is 4.04. The summed E-state index contributed by atoms with van der Waals surface area (Å²) in [5, 5.41) is 18.5. The highest BCUT2D eigenvalue weighted by Gasteiger charge is 2.29. The molecule has 14 heavy (non-hydrogen) atoms. The van der Waals surface area contributed by atoms with E-state index in [2.05, 4.69) is 0 Å². The van der Waals surface area contributed by atoms with E-state index < -0.39 is 29.0 Å². The molecule has 4 nitrogen and oxygen atoms in total. The van der Waals surface area contributed by atoms with Crippen LogP contribution < -0.4 is 0 Å². The number of hydrogen-bond acceptors (Lipinski definition) is 3. The largest absolute Gasteiger partial charge is 0.412 e. The maximum atomic E-state index is 11.9. The van der Waals surface area contributed by atoms with Crippen molar-refractivity contribution < 1.29 is 23.2 Å². The minimum Gasteiger partial charge on any atom is -0.385 e. The van der Waals surface area contributed by atoms with Crippen LogP contribution in [0.25, 0.3) is 0 Å². The molecule has 0 saturated carbocycles. The standard InChI is InChI=1S/C7H8F3NO3/c1-5(7(8,9)10)2-3-6(4-12)11(13)14/h2-3,12H,4H2,1H3/b5-2+,6-3+. The van der Waals surface area contributed by atoms with Crippen molar-refractivity contribution in [2.45, 2.75) is 13.1 Å². The van der Waals surface area contributed by atoms with Crippen LogP contribution in [-0.4, -0.2) is 22.8 Å². The third-order valence-electron chi connectivity index (χ3n) is 1.37. The number of nitrogens with zero attached hydrogens (tertiary/aromatic N) is 1. The van der Waals surface area contributed by atoms with Gasteiger partial charge >= 0.3 is 6.18 Å². The summed E-state index contributed by atoms with van der Waals surface area (Å²) in [5.41, 5.74) is -1.65. The van der Waals surface area contributed by atoms with Gasteiger partial charge in [0, 0.05) is 11.6 Å². The minimum atomic E-state index is -4.51. The molecule has 0 aliphatic rings. The van der Waals surface area contributed by atoms with Crippen molar-refractivity contribution in [1.82, 2.24) is 0 Å². The summed E-state index contributed by atoms with van der Waals surface area (Å²) in [7, 11) is 0. The molecule has 0 aliphatic heterocycles. The topological polar surface area (TPSA) is 63.4 Å². The fourth-order valence-electron chi connectivity index (χ4n) is 0.487. The molecule has 0 aliphatic carbocycles. The van der Waals surface area contributed by atoms with Gasteiger partial charge in [-0.05, 0) is 13.0 Å². The maximum Gasteiger partial charge on any atom is 0.412 e. The van der Waals surface area contributed by atoms with Gasteiger partial charge in [0.05, 0.1) is 4.92 Å². The lowest BCUT2D eigenvalue weighted by atomic mass is 10.2. The van der Waals surface area contributed by atoms with E-state index in [1.54, 1.807) is 0 Å². The Bertz CT molecular complexity index is 280. The van der Waals surface area contributed by atoms with E-state index in [4.69, 9.17) is 5.11 Å². The Kier molecular flexibility index (Phi) is 4.29. The van der Waals surface area contributed by atoms with Crippen LogP contribution in [0.4, 0.5) is 13.2 Å². The normalized spacial score (nSPS) is 14.4. The Morgan fingerprint density at radius 2 is 2.00 bits per heavy atom. The lowest BCUT2D eigenvalue weighted by Gasteiger charge is -2.03. The summed E-state index contributed by atoms with van der Waals surface area (Å²) in [5.74, 6) is 0. The lowest BCUT2D eigenvalue weighted by Crippen LogP contribution is -2.09. The molecule has 0 aromatic carbocycles. The van der Waals surface area contributed by atoms with Crippen molar-refractivity contribution in [2.24, 2.45) is 0 Å². The monoisotopic (exact) mass is 211 g/mol. The molecule has 0 spiro atoms. The number of alkyl halides is 3. The van der Waals surface area contributed by atoms with E-state index in [0.717, 1.165) is 6.92 Å². The molecule has 0 fully saturated rings. The van der Waals surface area contributed by atoms with Crippen molar-refractivity contribution >= 4 is 0 Å². The van der Waals surface area contributed by atoms with Gasteiger partial charge < -0.3 is 5.11 Å². The molecule has 0 bridgehead atoms. The zero-order chi connectivity index (χ0) is 11.4. The summed E-state index contributed by atoms with van der Waals surface area (Å²) < 4.78 is 35.6. The molecule has 0 heterocycles. The fraction of sp³-hybridized carbons (Fsp3) is 0.429. The third-order valence-corrected chi connectivity index (χ3v) is 1.37. The number of aliphatic hydroxyl groups excluding tert-OH is 1. The van der Waals surface area contributed by atoms with Gasteiger partial charge in [0.2, 0.25) is 0 Å². The molecule has 0 aromatic rings. The van der Waals surface area contributed by atoms with E-state index in [9.17, 15) is 23.3 Å². The van der Waals surface area contributed by atoms with Gasteiger partial charge in [-0.25, -0.2) is 0 Å². The van der Waals surface area contributed by atoms with Gasteiger partial charge in [0.25, 0.3) is 5.70 Å². The van der Waals surface area contributed by atoms with E-state index in [1.807, 2.05) is 0 Å². The van der Waals surface area contributed by atoms with Gasteiger partial charge in [-0.2, -0.15) is 13.2 Å². The lowest BCUT2D eigenvalue weighted by molar-refractivity contribution is -0.429. The van der Waals surface area contributed by atoms with Crippen LogP contribution in [0.2, 0.25) is 0 Å². The van der Waals surface area contributed by atoms with Gasteiger partial charge in [-0.3, -0.25) is 10.1 Å². The first-order valence-electron chi connectivity index (χ1n) is 3.49. The molecule has 0 rings (SSSR count). The molecular formula is C7H8F3NO3. The van der Waals surface area contributed by atoms with Crippen molar-refractivity contribution in [1.29, 1.82) is 0 Å². The Morgan fingerprint density at radius 1 is 1.50 bits per heavy atom. The summed E-state index contributed by atoms with van der Waals surface area (Å²) in [4.78, 5) is 9.12. The Balaban J connectivity index is 4.76. The molecule has 0 radical (unpaired) electrons. The van der Waals surface area contributed by atoms with E-state index in [0.29, 0.717) is 12.2 Å². The van der Waals surface area contributed by atoms with E-state index >= 15 is 0 Å². The highest BCUT2D eigenvalue weighted by molar-refractivity contribution is 5.16. The fourth-order valence-corrected chi connectivity index (χ4v) is 0.487. The first-order valence-corrected chi connectivity index (χ1v) is 3.49. The van der Waals surface area contributed by atoms with Crippen molar-refractivity contribution in [3.63, 3.8) is 0 Å². The van der Waals surface area contributed by atoms with Crippen LogP contribution in [0, 0.1) is 10.1 Å². The van der Waals surface area contributed by atoms with Crippen LogP contribution in [0.1, 0.15) is 6.92 Å². The average Bonchev–Trinajstić information content (AvgIpc) is 2.02. The second-order valence-corrected chi connectivity index (χ2v) is 2.42. The average molecular weight is 211 g/mol. The number of halogens is 3. The van der Waals surface area contributed by atoms with Crippen LogP contribution in [0.3, 0.4) is 0 Å². The summed E-state index contributed by atoms with van der Waals surface area (Å²) >= 11 is 0. The SMILES string of the molecule is C/C(=C\C=C(/CO)[N+](=O)[O-])C(F)(F)F. The van der Waals surface area contributed by atoms with Crippen LogP contribution in [0.15, 0.2) is 23.4 Å². The second-order valence-electron chi connectivity index (χ2n) is 2.42. The zero-order valence-electron chi connectivity index (χ0n) is 7.21. The molecular weight excluding hydrogens is 203 g/mol. The van der Waals surface area contributed by atoms with Gasteiger partial charge in [0.15, 0.2) is 0 Å². The van der Waals surface area contributed by atoms with Crippen molar-refractivity contribution in [2.75, 3.05) is 6.61 Å². The van der Waals surface area contributed by atoms with Crippen LogP contribution in [-0.2, 0) is 0 Å². The smallest absolute Gasteiger partial charge is 0.385 e. The molecule has 0 aromatic heterocycles. The van der Waals surface area contributed by atoms with Crippen molar-refractivity contribution in [3.8, 4) is 0 Å². The maximum absolute atomic E-state index is 11.9. The molecule has 7 heteroatoms. The molecule has 0 amide bonds. The number of nitro groups is 1. The predicted molar refractivity (Wildman–Crippen MR) is 42.0 cm³/mol. The summed E-state index contributed by atoms with van der Waals surface area (Å²) in [6, 6.07) is 0. The Hall–Kier alpha value is -1.37. The first-order chi connectivity index (χ1) is 6.29. The number of aliphatic hydroxyl groups is 1. The summed E-state index contributed by atoms with van der Waals surface area (Å²) in [6.45, 7) is -0.125. The number of hydrogen-bond donors (Lipinski definition) is 1. The summed E-state index contributed by atoms with van der Waals surface area (Å²) in [6.07, 6.45) is -3.33. The quantitative estimate of drug-likeness (QED) is 0.438. The highest BCUT2D eigenvalue weighted by atomic mass is 19.4. The number of rotatable bonds is 3. The Morgan fingerprint density at radius 3 is 2.29 bits per heavy atom. The molecule has 0 unspecified atom stereocenters. The molecule has 0 atom stereocenters. The van der Waals surface area contributed by atoms with Crippen LogP contribution >= 0.6 is 0 Å². The Labute approximate surface area is 77.5 Å². The van der Waals surface area contributed by atoms with Gasteiger partial charge in [-0.15, -0.1) is 0 Å². The second kappa shape index (κ2) is 4.75. The molecule has 80 valence electrons. The van der Waals surface area contributed by atoms with Crippen molar-refractivity contribution in [3.05, 3.63) is 33.5 Å². The highest BCUT2D eigenvalue weighted by Crippen LogP contribution is 2.24. The van der Waals surface area contributed by atoms with Gasteiger partial charge in [-0.1, -0.05) is 0 Å². The minimum absolute atomic E-state index is 0.550. The number of allylic oxidation sites excluding steroid dienone is 3. The van der Waals surface area contributed by atoms with E-state index in [1.165, 1.54) is 0 Å². The first kappa shape index (κ1) is 12.6. The predicted octanol–water partition coefficient (Wildman–Crippen LogP) is 1.65. The van der Waals surface area contributed by atoms with Gasteiger partial charge in [0.1, 0.15) is 6.61 Å².